The van der Waals surface area contributed by atoms with Crippen LogP contribution in [-0.4, -0.2) is 61.6 Å². The standard InChI is InChI=1S/C31H36FNO7/c1-4-38-29(30(34)35)21-24-10-14-26(15-11-24)39-19-18-33(17-5-6-23-8-12-25(32)13-9-23)31(36)40-28-20-22(2)7-16-27(28)37-3/h7-16,20,29H,4-6,17-19,21H2,1-3H3,(H,34,35). The lowest BCUT2D eigenvalue weighted by molar-refractivity contribution is -0.149. The van der Waals surface area contributed by atoms with Crippen LogP contribution in [0.5, 0.6) is 17.2 Å². The fourth-order valence-electron chi connectivity index (χ4n) is 4.07. The van der Waals surface area contributed by atoms with Crippen molar-refractivity contribution in [1.82, 2.24) is 4.90 Å². The third-order valence-electron chi connectivity index (χ3n) is 6.20. The average molecular weight is 554 g/mol. The number of hydrogen-bond acceptors (Lipinski definition) is 6. The Morgan fingerprint density at radius 3 is 2.30 bits per heavy atom. The monoisotopic (exact) mass is 553 g/mol. The number of halogens is 1. The maximum Gasteiger partial charge on any atom is 0.415 e. The summed E-state index contributed by atoms with van der Waals surface area (Å²) in [6, 6.07) is 18.8. The molecule has 1 unspecified atom stereocenters. The van der Waals surface area contributed by atoms with E-state index in [1.54, 1.807) is 60.4 Å². The van der Waals surface area contributed by atoms with Gasteiger partial charge in [-0.3, -0.25) is 0 Å². The van der Waals surface area contributed by atoms with Crippen LogP contribution in [0.2, 0.25) is 0 Å². The Morgan fingerprint density at radius 1 is 0.950 bits per heavy atom. The van der Waals surface area contributed by atoms with E-state index in [9.17, 15) is 19.1 Å². The van der Waals surface area contributed by atoms with Crippen LogP contribution >= 0.6 is 0 Å². The minimum absolute atomic E-state index is 0.215. The quantitative estimate of drug-likeness (QED) is 0.258. The number of hydrogen-bond donors (Lipinski definition) is 1. The summed E-state index contributed by atoms with van der Waals surface area (Å²) in [4.78, 5) is 26.1. The lowest BCUT2D eigenvalue weighted by Gasteiger charge is -2.23. The van der Waals surface area contributed by atoms with Crippen LogP contribution in [0.3, 0.4) is 0 Å². The highest BCUT2D eigenvalue weighted by Crippen LogP contribution is 2.28. The first-order valence-electron chi connectivity index (χ1n) is 13.2. The molecule has 8 nitrogen and oxygen atoms in total. The largest absolute Gasteiger partial charge is 0.493 e. The van der Waals surface area contributed by atoms with Crippen molar-refractivity contribution in [3.63, 3.8) is 0 Å². The molecule has 0 saturated carbocycles. The molecular formula is C31H36FNO7. The number of aliphatic carboxylic acids is 1. The first-order valence-corrected chi connectivity index (χ1v) is 13.2. The number of aryl methyl sites for hydroxylation is 2. The molecule has 0 bridgehead atoms. The van der Waals surface area contributed by atoms with Crippen molar-refractivity contribution < 1.29 is 38.0 Å². The van der Waals surface area contributed by atoms with Crippen molar-refractivity contribution >= 4 is 12.1 Å². The summed E-state index contributed by atoms with van der Waals surface area (Å²) in [5, 5.41) is 9.29. The zero-order chi connectivity index (χ0) is 28.9. The third-order valence-corrected chi connectivity index (χ3v) is 6.20. The Morgan fingerprint density at radius 2 is 1.65 bits per heavy atom. The number of carbonyl (C=O) groups excluding carboxylic acids is 1. The molecule has 0 saturated heterocycles. The van der Waals surface area contributed by atoms with E-state index in [1.807, 2.05) is 13.0 Å². The van der Waals surface area contributed by atoms with Gasteiger partial charge in [0.25, 0.3) is 0 Å². The molecule has 3 rings (SSSR count). The first kappa shape index (κ1) is 30.4. The number of methoxy groups -OCH3 is 1. The zero-order valence-corrected chi connectivity index (χ0v) is 23.1. The van der Waals surface area contributed by atoms with E-state index in [0.717, 1.165) is 16.7 Å². The molecule has 0 radical (unpaired) electrons. The minimum atomic E-state index is -1.00. The van der Waals surface area contributed by atoms with Crippen LogP contribution < -0.4 is 14.2 Å². The minimum Gasteiger partial charge on any atom is -0.493 e. The predicted molar refractivity (Wildman–Crippen MR) is 149 cm³/mol. The maximum atomic E-state index is 13.2. The van der Waals surface area contributed by atoms with Gasteiger partial charge in [0.05, 0.1) is 13.7 Å². The van der Waals surface area contributed by atoms with Gasteiger partial charge in [-0.2, -0.15) is 0 Å². The van der Waals surface area contributed by atoms with E-state index >= 15 is 0 Å². The molecule has 9 heteroatoms. The van der Waals surface area contributed by atoms with Crippen LogP contribution in [0.1, 0.15) is 30.0 Å². The molecule has 0 aliphatic carbocycles. The number of carboxylic acid groups (broad SMARTS) is 1. The predicted octanol–water partition coefficient (Wildman–Crippen LogP) is 5.69. The molecule has 0 spiro atoms. The smallest absolute Gasteiger partial charge is 0.415 e. The average Bonchev–Trinajstić information content (AvgIpc) is 2.94. The van der Waals surface area contributed by atoms with E-state index in [-0.39, 0.29) is 25.4 Å². The van der Waals surface area contributed by atoms with Crippen molar-refractivity contribution in [3.05, 3.63) is 89.2 Å². The molecule has 1 amide bonds. The number of benzene rings is 3. The topological polar surface area (TPSA) is 94.5 Å². The van der Waals surface area contributed by atoms with Crippen molar-refractivity contribution in [2.24, 2.45) is 0 Å². The Hall–Kier alpha value is -4.11. The highest BCUT2D eigenvalue weighted by Gasteiger charge is 2.19. The van der Waals surface area contributed by atoms with Gasteiger partial charge in [-0.1, -0.05) is 30.3 Å². The van der Waals surface area contributed by atoms with E-state index in [4.69, 9.17) is 18.9 Å². The Bertz CT molecular complexity index is 1230. The van der Waals surface area contributed by atoms with Gasteiger partial charge in [-0.15, -0.1) is 0 Å². The zero-order valence-electron chi connectivity index (χ0n) is 23.1. The Kier molecular flexibility index (Phi) is 11.8. The van der Waals surface area contributed by atoms with Crippen LogP contribution in [0.4, 0.5) is 9.18 Å². The Balaban J connectivity index is 1.61. The second kappa shape index (κ2) is 15.5. The molecule has 0 heterocycles. The van der Waals surface area contributed by atoms with Gasteiger partial charge in [-0.05, 0) is 79.8 Å². The molecule has 3 aromatic carbocycles. The van der Waals surface area contributed by atoms with Gasteiger partial charge in [0.2, 0.25) is 0 Å². The fourth-order valence-corrected chi connectivity index (χ4v) is 4.07. The maximum absolute atomic E-state index is 13.2. The van der Waals surface area contributed by atoms with Gasteiger partial charge in [0.1, 0.15) is 18.2 Å². The van der Waals surface area contributed by atoms with Gasteiger partial charge in [-0.25, -0.2) is 14.0 Å². The normalized spacial score (nSPS) is 11.5. The second-order valence-corrected chi connectivity index (χ2v) is 9.22. The summed E-state index contributed by atoms with van der Waals surface area (Å²) in [5.41, 5.74) is 2.71. The molecule has 3 aromatic rings. The molecule has 40 heavy (non-hydrogen) atoms. The van der Waals surface area contributed by atoms with Crippen molar-refractivity contribution in [3.8, 4) is 17.2 Å². The number of rotatable bonds is 15. The van der Waals surface area contributed by atoms with Gasteiger partial charge in [0, 0.05) is 19.6 Å². The van der Waals surface area contributed by atoms with Crippen molar-refractivity contribution in [2.75, 3.05) is 33.4 Å². The van der Waals surface area contributed by atoms with E-state index in [2.05, 4.69) is 0 Å². The van der Waals surface area contributed by atoms with Crippen molar-refractivity contribution in [2.45, 2.75) is 39.2 Å². The van der Waals surface area contributed by atoms with Gasteiger partial charge >= 0.3 is 12.1 Å². The summed E-state index contributed by atoms with van der Waals surface area (Å²) in [6.07, 6.45) is 0.125. The van der Waals surface area contributed by atoms with E-state index < -0.39 is 18.2 Å². The van der Waals surface area contributed by atoms with E-state index in [1.165, 1.54) is 19.2 Å². The summed E-state index contributed by atoms with van der Waals surface area (Å²) in [5.74, 6) is 0.0846. The summed E-state index contributed by atoms with van der Waals surface area (Å²) >= 11 is 0. The third kappa shape index (κ3) is 9.57. The molecule has 0 aromatic heterocycles. The Labute approximate surface area is 234 Å². The molecule has 0 fully saturated rings. The van der Waals surface area contributed by atoms with Gasteiger partial charge < -0.3 is 29.0 Å². The molecule has 0 aliphatic heterocycles. The molecule has 214 valence electrons. The van der Waals surface area contributed by atoms with Crippen LogP contribution in [-0.2, 0) is 22.4 Å². The SMILES string of the molecule is CCOC(Cc1ccc(OCCN(CCCc2ccc(F)cc2)C(=O)Oc2cc(C)ccc2OC)cc1)C(=O)O. The summed E-state index contributed by atoms with van der Waals surface area (Å²) in [7, 11) is 1.51. The fraction of sp³-hybridized carbons (Fsp3) is 0.355. The number of ether oxygens (including phenoxy) is 4. The number of nitrogens with zero attached hydrogens (tertiary/aromatic N) is 1. The van der Waals surface area contributed by atoms with Crippen LogP contribution in [0.25, 0.3) is 0 Å². The lowest BCUT2D eigenvalue weighted by atomic mass is 10.1. The van der Waals surface area contributed by atoms with Crippen molar-refractivity contribution in [1.29, 1.82) is 0 Å². The lowest BCUT2D eigenvalue weighted by Crippen LogP contribution is -2.37. The summed E-state index contributed by atoms with van der Waals surface area (Å²) < 4.78 is 35.4. The van der Waals surface area contributed by atoms with Gasteiger partial charge in [0.15, 0.2) is 17.6 Å². The highest BCUT2D eigenvalue weighted by molar-refractivity contribution is 5.73. The number of amides is 1. The molecular weight excluding hydrogens is 517 g/mol. The highest BCUT2D eigenvalue weighted by atomic mass is 19.1. The summed E-state index contributed by atoms with van der Waals surface area (Å²) in [6.45, 7) is 4.86. The van der Waals surface area contributed by atoms with Crippen LogP contribution in [0.15, 0.2) is 66.7 Å². The van der Waals surface area contributed by atoms with Crippen LogP contribution in [0, 0.1) is 12.7 Å². The number of carboxylic acids is 1. The first-order chi connectivity index (χ1) is 19.3. The molecule has 1 atom stereocenters. The van der Waals surface area contributed by atoms with E-state index in [0.29, 0.717) is 43.2 Å². The number of carbonyl (C=O) groups is 2. The molecule has 1 N–H and O–H groups in total. The molecule has 0 aliphatic rings. The second-order valence-electron chi connectivity index (χ2n) is 9.22.